The summed E-state index contributed by atoms with van der Waals surface area (Å²) in [5.74, 6) is -2.83. The fourth-order valence-electron chi connectivity index (χ4n) is 2.01. The van der Waals surface area contributed by atoms with Gasteiger partial charge in [-0.25, -0.2) is 4.39 Å². The minimum atomic E-state index is -4.97. The molecule has 0 aliphatic carbocycles. The fraction of sp³-hybridized carbons (Fsp3) is 0.176. The number of alkyl halides is 3. The molecular formula is C17H14F4N2O2. The lowest BCUT2D eigenvalue weighted by atomic mass is 10.1. The second-order valence-corrected chi connectivity index (χ2v) is 5.17. The van der Waals surface area contributed by atoms with E-state index >= 15 is 0 Å². The number of hydrogen-bond donors (Lipinski definition) is 2. The summed E-state index contributed by atoms with van der Waals surface area (Å²) >= 11 is 0. The summed E-state index contributed by atoms with van der Waals surface area (Å²) in [5.41, 5.74) is 0.720. The van der Waals surface area contributed by atoms with Gasteiger partial charge in [-0.1, -0.05) is 18.2 Å². The number of carbonyl (C=O) groups is 2. The highest BCUT2D eigenvalue weighted by atomic mass is 19.4. The van der Waals surface area contributed by atoms with Crippen molar-refractivity contribution in [3.05, 3.63) is 59.9 Å². The zero-order valence-electron chi connectivity index (χ0n) is 12.9. The van der Waals surface area contributed by atoms with Crippen LogP contribution in [0.1, 0.15) is 12.0 Å². The van der Waals surface area contributed by atoms with Crippen LogP contribution in [0, 0.1) is 5.82 Å². The van der Waals surface area contributed by atoms with E-state index in [1.54, 1.807) is 23.5 Å². The number of amides is 2. The van der Waals surface area contributed by atoms with Crippen molar-refractivity contribution >= 4 is 23.2 Å². The molecule has 0 aromatic heterocycles. The van der Waals surface area contributed by atoms with Crippen LogP contribution in [0.15, 0.2) is 48.5 Å². The first kappa shape index (κ1) is 18.4. The van der Waals surface area contributed by atoms with E-state index in [1.165, 1.54) is 30.3 Å². The third kappa shape index (κ3) is 5.59. The van der Waals surface area contributed by atoms with E-state index in [-0.39, 0.29) is 30.3 Å². The molecule has 2 aromatic carbocycles. The van der Waals surface area contributed by atoms with Crippen molar-refractivity contribution in [3.63, 3.8) is 0 Å². The number of hydrogen-bond acceptors (Lipinski definition) is 2. The average Bonchev–Trinajstić information content (AvgIpc) is 2.55. The molecule has 2 rings (SSSR count). The number of anilines is 2. The highest BCUT2D eigenvalue weighted by Crippen LogP contribution is 2.20. The summed E-state index contributed by atoms with van der Waals surface area (Å²) < 4.78 is 49.9. The van der Waals surface area contributed by atoms with Gasteiger partial charge in [0.1, 0.15) is 5.82 Å². The van der Waals surface area contributed by atoms with E-state index in [1.807, 2.05) is 0 Å². The zero-order chi connectivity index (χ0) is 18.4. The van der Waals surface area contributed by atoms with Crippen molar-refractivity contribution in [2.24, 2.45) is 0 Å². The van der Waals surface area contributed by atoms with Crippen molar-refractivity contribution < 1.29 is 27.2 Å². The smallest absolute Gasteiger partial charge is 0.326 e. The molecule has 0 saturated heterocycles. The predicted octanol–water partition coefficient (Wildman–Crippen LogP) is 3.90. The van der Waals surface area contributed by atoms with Gasteiger partial charge >= 0.3 is 12.1 Å². The van der Waals surface area contributed by atoms with Gasteiger partial charge in [0.15, 0.2) is 0 Å². The summed E-state index contributed by atoms with van der Waals surface area (Å²) in [6.07, 6.45) is -4.70. The van der Waals surface area contributed by atoms with Gasteiger partial charge in [0, 0.05) is 17.8 Å². The molecule has 0 aliphatic rings. The zero-order valence-corrected chi connectivity index (χ0v) is 12.9. The number of carbonyl (C=O) groups excluding carboxylic acids is 2. The number of rotatable bonds is 5. The number of halogens is 4. The van der Waals surface area contributed by atoms with Crippen molar-refractivity contribution in [2.45, 2.75) is 19.0 Å². The summed E-state index contributed by atoms with van der Waals surface area (Å²) in [4.78, 5) is 22.6. The Morgan fingerprint density at radius 2 is 1.44 bits per heavy atom. The maximum atomic E-state index is 13.5. The first-order valence-electron chi connectivity index (χ1n) is 7.27. The minimum absolute atomic E-state index is 0.0491. The monoisotopic (exact) mass is 354 g/mol. The van der Waals surface area contributed by atoms with E-state index in [4.69, 9.17) is 0 Å². The molecule has 8 heteroatoms. The lowest BCUT2D eigenvalue weighted by Crippen LogP contribution is -2.29. The molecule has 2 aromatic rings. The maximum absolute atomic E-state index is 13.5. The van der Waals surface area contributed by atoms with Crippen LogP contribution in [0.5, 0.6) is 0 Å². The summed E-state index contributed by atoms with van der Waals surface area (Å²) in [7, 11) is 0. The third-order valence-electron chi connectivity index (χ3n) is 3.26. The molecule has 0 radical (unpaired) electrons. The van der Waals surface area contributed by atoms with Gasteiger partial charge in [-0.2, -0.15) is 13.2 Å². The Morgan fingerprint density at radius 3 is 2.00 bits per heavy atom. The highest BCUT2D eigenvalue weighted by Gasteiger charge is 2.38. The van der Waals surface area contributed by atoms with E-state index < -0.39 is 12.1 Å². The van der Waals surface area contributed by atoms with Crippen LogP contribution in [-0.2, 0) is 16.0 Å². The van der Waals surface area contributed by atoms with Crippen LogP contribution in [0.25, 0.3) is 0 Å². The molecule has 0 aliphatic heterocycles. The molecular weight excluding hydrogens is 340 g/mol. The molecule has 0 heterocycles. The Balaban J connectivity index is 1.87. The Labute approximate surface area is 140 Å². The Bertz CT molecular complexity index is 758. The van der Waals surface area contributed by atoms with E-state index in [0.29, 0.717) is 11.3 Å². The standard InChI is InChI=1S/C17H14F4N2O2/c18-14-4-2-1-3-11(14)5-10-15(24)22-12-6-8-13(9-7-12)23-16(25)17(19,20)21/h1-4,6-9H,5,10H2,(H,22,24)(H,23,25). The predicted molar refractivity (Wildman–Crippen MR) is 84.5 cm³/mol. The maximum Gasteiger partial charge on any atom is 0.471 e. The molecule has 4 nitrogen and oxygen atoms in total. The first-order chi connectivity index (χ1) is 11.8. The number of nitrogens with one attached hydrogen (secondary N) is 2. The lowest BCUT2D eigenvalue weighted by Gasteiger charge is -2.09. The van der Waals surface area contributed by atoms with Crippen molar-refractivity contribution in [1.29, 1.82) is 0 Å². The van der Waals surface area contributed by atoms with E-state index in [9.17, 15) is 27.2 Å². The van der Waals surface area contributed by atoms with Crippen molar-refractivity contribution in [2.75, 3.05) is 10.6 Å². The average molecular weight is 354 g/mol. The Morgan fingerprint density at radius 1 is 0.880 bits per heavy atom. The van der Waals surface area contributed by atoms with Crippen LogP contribution in [0.4, 0.5) is 28.9 Å². The third-order valence-corrected chi connectivity index (χ3v) is 3.26. The fourth-order valence-corrected chi connectivity index (χ4v) is 2.01. The lowest BCUT2D eigenvalue weighted by molar-refractivity contribution is -0.167. The van der Waals surface area contributed by atoms with Crippen LogP contribution in [0.2, 0.25) is 0 Å². The molecule has 0 saturated carbocycles. The molecule has 0 spiro atoms. The molecule has 2 N–H and O–H groups in total. The largest absolute Gasteiger partial charge is 0.471 e. The summed E-state index contributed by atoms with van der Waals surface area (Å²) in [6.45, 7) is 0. The molecule has 0 fully saturated rings. The van der Waals surface area contributed by atoms with Gasteiger partial charge in [0.05, 0.1) is 0 Å². The summed E-state index contributed by atoms with van der Waals surface area (Å²) in [6, 6.07) is 11.3. The van der Waals surface area contributed by atoms with Gasteiger partial charge in [0.25, 0.3) is 0 Å². The molecule has 0 bridgehead atoms. The SMILES string of the molecule is O=C(CCc1ccccc1F)Nc1ccc(NC(=O)C(F)(F)F)cc1. The van der Waals surface area contributed by atoms with Gasteiger partial charge in [0.2, 0.25) is 5.91 Å². The molecule has 0 unspecified atom stereocenters. The van der Waals surface area contributed by atoms with Crippen LogP contribution in [-0.4, -0.2) is 18.0 Å². The van der Waals surface area contributed by atoms with Crippen molar-refractivity contribution in [3.8, 4) is 0 Å². The van der Waals surface area contributed by atoms with Gasteiger partial charge in [-0.05, 0) is 42.3 Å². The quantitative estimate of drug-likeness (QED) is 0.800. The Kier molecular flexibility index (Phi) is 5.74. The Hall–Kier alpha value is -2.90. The van der Waals surface area contributed by atoms with Gasteiger partial charge in [-0.15, -0.1) is 0 Å². The second-order valence-electron chi connectivity index (χ2n) is 5.17. The number of aryl methyl sites for hydroxylation is 1. The van der Waals surface area contributed by atoms with Crippen LogP contribution >= 0.6 is 0 Å². The normalized spacial score (nSPS) is 11.0. The highest BCUT2D eigenvalue weighted by molar-refractivity contribution is 5.95. The molecule has 2 amide bonds. The molecule has 25 heavy (non-hydrogen) atoms. The van der Waals surface area contributed by atoms with Gasteiger partial charge < -0.3 is 10.6 Å². The topological polar surface area (TPSA) is 58.2 Å². The number of benzene rings is 2. The van der Waals surface area contributed by atoms with Crippen LogP contribution in [0.3, 0.4) is 0 Å². The van der Waals surface area contributed by atoms with Gasteiger partial charge in [-0.3, -0.25) is 9.59 Å². The molecule has 132 valence electrons. The molecule has 0 atom stereocenters. The summed E-state index contributed by atoms with van der Waals surface area (Å²) in [5, 5.41) is 4.24. The van der Waals surface area contributed by atoms with Crippen LogP contribution < -0.4 is 10.6 Å². The van der Waals surface area contributed by atoms with E-state index in [2.05, 4.69) is 5.32 Å². The first-order valence-corrected chi connectivity index (χ1v) is 7.27. The second kappa shape index (κ2) is 7.78. The van der Waals surface area contributed by atoms with E-state index in [0.717, 1.165) is 0 Å². The minimum Gasteiger partial charge on any atom is -0.326 e. The van der Waals surface area contributed by atoms with Crippen molar-refractivity contribution in [1.82, 2.24) is 0 Å².